The van der Waals surface area contributed by atoms with Gasteiger partial charge in [-0.3, -0.25) is 4.79 Å². The predicted octanol–water partition coefficient (Wildman–Crippen LogP) is 4.07. The van der Waals surface area contributed by atoms with E-state index in [1.54, 1.807) is 0 Å². The molecule has 6 heteroatoms. The maximum Gasteiger partial charge on any atom is 0.306 e. The molecule has 0 radical (unpaired) electrons. The van der Waals surface area contributed by atoms with Gasteiger partial charge in [0, 0.05) is 18.8 Å². The Morgan fingerprint density at radius 1 is 1.23 bits per heavy atom. The summed E-state index contributed by atoms with van der Waals surface area (Å²) in [5.41, 5.74) is 3.43. The number of aliphatic carboxylic acids is 1. The van der Waals surface area contributed by atoms with Crippen molar-refractivity contribution in [3.8, 4) is 0 Å². The quantitative estimate of drug-likeness (QED) is 0.633. The fourth-order valence-corrected chi connectivity index (χ4v) is 4.62. The predicted molar refractivity (Wildman–Crippen MR) is 121 cm³/mol. The van der Waals surface area contributed by atoms with Crippen LogP contribution in [0.15, 0.2) is 42.5 Å². The molecule has 2 atom stereocenters. The van der Waals surface area contributed by atoms with Crippen LogP contribution in [0.2, 0.25) is 0 Å². The number of benzene rings is 1. The van der Waals surface area contributed by atoms with Crippen LogP contribution in [-0.2, 0) is 22.4 Å². The average molecular weight is 424 g/mol. The van der Waals surface area contributed by atoms with E-state index < -0.39 is 12.1 Å². The van der Waals surface area contributed by atoms with E-state index in [1.807, 2.05) is 30.3 Å². The van der Waals surface area contributed by atoms with Crippen LogP contribution in [0.3, 0.4) is 0 Å². The van der Waals surface area contributed by atoms with Gasteiger partial charge in [0.15, 0.2) is 0 Å². The summed E-state index contributed by atoms with van der Waals surface area (Å²) in [4.78, 5) is 18.6. The van der Waals surface area contributed by atoms with E-state index in [-0.39, 0.29) is 12.5 Å². The summed E-state index contributed by atoms with van der Waals surface area (Å²) < 4.78 is 6.30. The molecule has 2 aromatic rings. The lowest BCUT2D eigenvalue weighted by atomic mass is 10.0. The van der Waals surface area contributed by atoms with Crippen molar-refractivity contribution in [1.29, 1.82) is 0 Å². The molecular weight excluding hydrogens is 390 g/mol. The first-order valence-electron chi connectivity index (χ1n) is 11.5. The molecule has 6 nitrogen and oxygen atoms in total. The van der Waals surface area contributed by atoms with Gasteiger partial charge in [0.1, 0.15) is 5.82 Å². The second kappa shape index (κ2) is 10.7. The standard InChI is InChI=1S/C25H33N3O3/c29-24(30)17-23(19-7-2-1-3-8-19)31-22-11-6-16-28(18-22)15-5-10-21-13-12-20-9-4-14-26-25(20)27-21/h1-3,7-8,12-13,22-23H,4-6,9-11,14-18H2,(H,26,27)(H,29,30)/t22-,23-/m1/s1. The van der Waals surface area contributed by atoms with Crippen molar-refractivity contribution in [1.82, 2.24) is 9.88 Å². The van der Waals surface area contributed by atoms with Crippen LogP contribution in [0.5, 0.6) is 0 Å². The van der Waals surface area contributed by atoms with E-state index in [1.165, 1.54) is 12.0 Å². The third kappa shape index (κ3) is 6.28. The third-order valence-electron chi connectivity index (χ3n) is 6.21. The van der Waals surface area contributed by atoms with Gasteiger partial charge in [0.05, 0.1) is 18.6 Å². The van der Waals surface area contributed by atoms with Crippen molar-refractivity contribution in [2.75, 3.05) is 31.5 Å². The van der Waals surface area contributed by atoms with Gasteiger partial charge in [-0.1, -0.05) is 36.4 Å². The van der Waals surface area contributed by atoms with Gasteiger partial charge in [0.2, 0.25) is 0 Å². The van der Waals surface area contributed by atoms with Crippen molar-refractivity contribution < 1.29 is 14.6 Å². The average Bonchev–Trinajstić information content (AvgIpc) is 2.79. The number of aryl methyl sites for hydroxylation is 2. The summed E-state index contributed by atoms with van der Waals surface area (Å²) in [6.07, 6.45) is 6.09. The number of likely N-dealkylation sites (tertiary alicyclic amines) is 1. The van der Waals surface area contributed by atoms with E-state index in [0.717, 1.165) is 75.4 Å². The molecule has 0 spiro atoms. The van der Waals surface area contributed by atoms with Crippen molar-refractivity contribution in [2.24, 2.45) is 0 Å². The molecule has 1 aromatic carbocycles. The van der Waals surface area contributed by atoms with E-state index in [4.69, 9.17) is 9.72 Å². The van der Waals surface area contributed by atoms with Crippen LogP contribution >= 0.6 is 0 Å². The number of piperidine rings is 1. The van der Waals surface area contributed by atoms with E-state index in [2.05, 4.69) is 22.3 Å². The molecule has 3 heterocycles. The van der Waals surface area contributed by atoms with Crippen molar-refractivity contribution in [3.05, 3.63) is 59.3 Å². The molecule has 0 bridgehead atoms. The van der Waals surface area contributed by atoms with Gasteiger partial charge in [-0.25, -0.2) is 4.98 Å². The lowest BCUT2D eigenvalue weighted by molar-refractivity contribution is -0.142. The molecule has 166 valence electrons. The number of hydrogen-bond acceptors (Lipinski definition) is 5. The number of carbonyl (C=O) groups is 1. The molecule has 0 amide bonds. The number of ether oxygens (including phenoxy) is 1. The number of fused-ring (bicyclic) bond motifs is 1. The largest absolute Gasteiger partial charge is 0.481 e. The molecule has 0 saturated carbocycles. The van der Waals surface area contributed by atoms with Crippen molar-refractivity contribution in [3.63, 3.8) is 0 Å². The molecule has 1 saturated heterocycles. The monoisotopic (exact) mass is 423 g/mol. The zero-order valence-electron chi connectivity index (χ0n) is 18.1. The molecule has 31 heavy (non-hydrogen) atoms. The Labute approximate surface area is 184 Å². The Bertz CT molecular complexity index is 858. The van der Waals surface area contributed by atoms with Crippen molar-refractivity contribution in [2.45, 2.75) is 57.2 Å². The van der Waals surface area contributed by atoms with E-state index in [9.17, 15) is 9.90 Å². The highest BCUT2D eigenvalue weighted by Crippen LogP contribution is 2.26. The van der Waals surface area contributed by atoms with Gasteiger partial charge >= 0.3 is 5.97 Å². The lowest BCUT2D eigenvalue weighted by Gasteiger charge is -2.34. The third-order valence-corrected chi connectivity index (χ3v) is 6.21. The number of nitrogens with zero attached hydrogens (tertiary/aromatic N) is 2. The highest BCUT2D eigenvalue weighted by molar-refractivity contribution is 5.67. The fraction of sp³-hybridized carbons (Fsp3) is 0.520. The van der Waals surface area contributed by atoms with Crippen LogP contribution in [0.4, 0.5) is 5.82 Å². The summed E-state index contributed by atoms with van der Waals surface area (Å²) in [5.74, 6) is 0.245. The van der Waals surface area contributed by atoms with Gasteiger partial charge in [0.25, 0.3) is 0 Å². The number of carboxylic acids is 1. The smallest absolute Gasteiger partial charge is 0.306 e. The van der Waals surface area contributed by atoms with Gasteiger partial charge < -0.3 is 20.1 Å². The summed E-state index contributed by atoms with van der Waals surface area (Å²) in [5, 5.41) is 12.7. The lowest BCUT2D eigenvalue weighted by Crippen LogP contribution is -2.40. The molecule has 1 fully saturated rings. The topological polar surface area (TPSA) is 74.7 Å². The zero-order valence-corrected chi connectivity index (χ0v) is 18.1. The summed E-state index contributed by atoms with van der Waals surface area (Å²) >= 11 is 0. The number of rotatable bonds is 9. The first kappa shape index (κ1) is 21.8. The molecule has 4 rings (SSSR count). The Balaban J connectivity index is 1.27. The molecule has 2 aliphatic heterocycles. The minimum absolute atomic E-state index is 0.00144. The molecule has 0 unspecified atom stereocenters. The minimum Gasteiger partial charge on any atom is -0.481 e. The molecule has 0 aliphatic carbocycles. The Kier molecular flexibility index (Phi) is 7.54. The SMILES string of the molecule is O=C(O)C[C@@H](O[C@@H]1CCCN(CCCc2ccc3c(n2)NCCC3)C1)c1ccccc1. The molecule has 2 aliphatic rings. The maximum absolute atomic E-state index is 11.4. The number of anilines is 1. The molecular formula is C25H33N3O3. The second-order valence-electron chi connectivity index (χ2n) is 8.64. The summed E-state index contributed by atoms with van der Waals surface area (Å²) in [6, 6.07) is 14.1. The number of nitrogens with one attached hydrogen (secondary N) is 1. The van der Waals surface area contributed by atoms with Crippen LogP contribution in [0.25, 0.3) is 0 Å². The van der Waals surface area contributed by atoms with Crippen molar-refractivity contribution >= 4 is 11.8 Å². The summed E-state index contributed by atoms with van der Waals surface area (Å²) in [7, 11) is 0. The van der Waals surface area contributed by atoms with Crippen LogP contribution in [0, 0.1) is 0 Å². The number of carboxylic acid groups (broad SMARTS) is 1. The number of hydrogen-bond donors (Lipinski definition) is 2. The zero-order chi connectivity index (χ0) is 21.5. The van der Waals surface area contributed by atoms with Crippen LogP contribution < -0.4 is 5.32 Å². The maximum atomic E-state index is 11.4. The Hall–Kier alpha value is -2.44. The Morgan fingerprint density at radius 2 is 2.10 bits per heavy atom. The first-order valence-corrected chi connectivity index (χ1v) is 11.5. The fourth-order valence-electron chi connectivity index (χ4n) is 4.62. The van der Waals surface area contributed by atoms with Gasteiger partial charge in [-0.15, -0.1) is 0 Å². The normalized spacial score (nSPS) is 19.9. The van der Waals surface area contributed by atoms with E-state index >= 15 is 0 Å². The highest BCUT2D eigenvalue weighted by atomic mass is 16.5. The summed E-state index contributed by atoms with van der Waals surface area (Å²) in [6.45, 7) is 3.97. The van der Waals surface area contributed by atoms with Gasteiger partial charge in [-0.2, -0.15) is 0 Å². The first-order chi connectivity index (χ1) is 15.2. The van der Waals surface area contributed by atoms with Crippen LogP contribution in [0.1, 0.15) is 55.0 Å². The van der Waals surface area contributed by atoms with Gasteiger partial charge in [-0.05, 0) is 68.8 Å². The Morgan fingerprint density at radius 3 is 2.94 bits per heavy atom. The highest BCUT2D eigenvalue weighted by Gasteiger charge is 2.25. The molecule has 1 aromatic heterocycles. The number of pyridine rings is 1. The number of aromatic nitrogens is 1. The van der Waals surface area contributed by atoms with E-state index in [0.29, 0.717) is 0 Å². The van der Waals surface area contributed by atoms with Crippen LogP contribution in [-0.4, -0.2) is 53.2 Å². The second-order valence-corrected chi connectivity index (χ2v) is 8.64. The minimum atomic E-state index is -0.825. The molecule has 2 N–H and O–H groups in total.